The summed E-state index contributed by atoms with van der Waals surface area (Å²) in [5.74, 6) is -1.54. The highest BCUT2D eigenvalue weighted by Crippen LogP contribution is 2.28. The maximum absolute atomic E-state index is 13.3. The van der Waals surface area contributed by atoms with Crippen molar-refractivity contribution in [2.24, 2.45) is 0 Å². The summed E-state index contributed by atoms with van der Waals surface area (Å²) >= 11 is 0. The van der Waals surface area contributed by atoms with Gasteiger partial charge in [-0.15, -0.1) is 0 Å². The van der Waals surface area contributed by atoms with E-state index >= 15 is 0 Å². The highest BCUT2D eigenvalue weighted by molar-refractivity contribution is 5.68. The van der Waals surface area contributed by atoms with Gasteiger partial charge in [-0.1, -0.05) is 30.3 Å². The van der Waals surface area contributed by atoms with E-state index in [1.807, 2.05) is 30.3 Å². The molecule has 0 amide bonds. The minimum absolute atomic E-state index is 0.374. The molecule has 0 nitrogen and oxygen atoms in total. The molecule has 0 aliphatic carbocycles. The highest BCUT2D eigenvalue weighted by Gasteiger charge is 2.12. The topological polar surface area (TPSA) is 0 Å². The van der Waals surface area contributed by atoms with E-state index in [2.05, 4.69) is 0 Å². The minimum Gasteiger partial charge on any atom is -0.204 e. The Morgan fingerprint density at radius 3 is 2.12 bits per heavy atom. The van der Waals surface area contributed by atoms with E-state index in [9.17, 15) is 8.78 Å². The van der Waals surface area contributed by atoms with Crippen molar-refractivity contribution in [3.8, 4) is 11.1 Å². The maximum atomic E-state index is 13.3. The molecule has 2 aromatic carbocycles. The third-order valence-electron chi connectivity index (χ3n) is 2.86. The van der Waals surface area contributed by atoms with E-state index < -0.39 is 11.6 Å². The highest BCUT2D eigenvalue weighted by atomic mass is 19.2. The Bertz CT molecular complexity index is 516. The van der Waals surface area contributed by atoms with Gasteiger partial charge in [-0.05, 0) is 42.2 Å². The van der Waals surface area contributed by atoms with Crippen molar-refractivity contribution in [2.75, 3.05) is 0 Å². The van der Waals surface area contributed by atoms with Crippen molar-refractivity contribution < 1.29 is 8.78 Å². The first-order valence-electron chi connectivity index (χ1n) is 5.12. The molecule has 2 aromatic rings. The van der Waals surface area contributed by atoms with Gasteiger partial charge in [-0.3, -0.25) is 0 Å². The van der Waals surface area contributed by atoms with Gasteiger partial charge in [-0.2, -0.15) is 0 Å². The van der Waals surface area contributed by atoms with Gasteiger partial charge >= 0.3 is 0 Å². The van der Waals surface area contributed by atoms with Crippen molar-refractivity contribution in [1.82, 2.24) is 0 Å². The molecular weight excluding hydrogens is 206 g/mol. The largest absolute Gasteiger partial charge is 0.204 e. The standard InChI is InChI=1S/C14H12F2/c1-9-10(2)14(16)13(15)8-12(9)11-6-4-3-5-7-11/h3-8H,1-2H3. The predicted octanol–water partition coefficient (Wildman–Crippen LogP) is 4.25. The molecule has 0 saturated heterocycles. The fraction of sp³-hybridized carbons (Fsp3) is 0.143. The van der Waals surface area contributed by atoms with Gasteiger partial charge in [0.25, 0.3) is 0 Å². The van der Waals surface area contributed by atoms with E-state index in [1.54, 1.807) is 13.8 Å². The zero-order chi connectivity index (χ0) is 11.7. The smallest absolute Gasteiger partial charge is 0.162 e. The van der Waals surface area contributed by atoms with Gasteiger partial charge in [-0.25, -0.2) is 8.78 Å². The van der Waals surface area contributed by atoms with Gasteiger partial charge in [0, 0.05) is 0 Å². The first-order valence-corrected chi connectivity index (χ1v) is 5.12. The van der Waals surface area contributed by atoms with Crippen LogP contribution in [-0.4, -0.2) is 0 Å². The summed E-state index contributed by atoms with van der Waals surface area (Å²) in [5.41, 5.74) is 2.81. The minimum atomic E-state index is -0.790. The lowest BCUT2D eigenvalue weighted by Crippen LogP contribution is -1.96. The third-order valence-corrected chi connectivity index (χ3v) is 2.86. The fourth-order valence-corrected chi connectivity index (χ4v) is 1.76. The van der Waals surface area contributed by atoms with Crippen LogP contribution in [0.5, 0.6) is 0 Å². The Labute approximate surface area is 93.5 Å². The van der Waals surface area contributed by atoms with E-state index in [1.165, 1.54) is 6.07 Å². The van der Waals surface area contributed by atoms with Crippen LogP contribution in [0.2, 0.25) is 0 Å². The molecule has 0 bridgehead atoms. The lowest BCUT2D eigenvalue weighted by molar-refractivity contribution is 0.502. The van der Waals surface area contributed by atoms with Gasteiger partial charge < -0.3 is 0 Å². The third kappa shape index (κ3) is 1.71. The zero-order valence-electron chi connectivity index (χ0n) is 9.22. The summed E-state index contributed by atoms with van der Waals surface area (Å²) in [6.45, 7) is 3.40. The first kappa shape index (κ1) is 10.8. The monoisotopic (exact) mass is 218 g/mol. The van der Waals surface area contributed by atoms with Crippen LogP contribution in [0.4, 0.5) is 8.78 Å². The Morgan fingerprint density at radius 2 is 1.50 bits per heavy atom. The molecule has 2 rings (SSSR count). The second-order valence-corrected chi connectivity index (χ2v) is 3.84. The number of hydrogen-bond donors (Lipinski definition) is 0. The van der Waals surface area contributed by atoms with Crippen LogP contribution in [0.3, 0.4) is 0 Å². The fourth-order valence-electron chi connectivity index (χ4n) is 1.76. The molecular formula is C14H12F2. The molecule has 16 heavy (non-hydrogen) atoms. The quantitative estimate of drug-likeness (QED) is 0.671. The summed E-state index contributed by atoms with van der Waals surface area (Å²) in [4.78, 5) is 0. The van der Waals surface area contributed by atoms with Crippen molar-refractivity contribution >= 4 is 0 Å². The summed E-state index contributed by atoms with van der Waals surface area (Å²) in [7, 11) is 0. The molecule has 82 valence electrons. The molecule has 0 N–H and O–H groups in total. The molecule has 0 radical (unpaired) electrons. The van der Waals surface area contributed by atoms with Crippen molar-refractivity contribution in [2.45, 2.75) is 13.8 Å². The Balaban J connectivity index is 2.68. The summed E-state index contributed by atoms with van der Waals surface area (Å²) < 4.78 is 26.6. The average Bonchev–Trinajstić information content (AvgIpc) is 2.32. The number of hydrogen-bond acceptors (Lipinski definition) is 0. The lowest BCUT2D eigenvalue weighted by Gasteiger charge is -2.10. The van der Waals surface area contributed by atoms with Crippen molar-refractivity contribution in [1.29, 1.82) is 0 Å². The van der Waals surface area contributed by atoms with E-state index in [0.29, 0.717) is 5.56 Å². The lowest BCUT2D eigenvalue weighted by atomic mass is 9.96. The molecule has 0 atom stereocenters. The molecule has 0 aliphatic heterocycles. The molecule has 0 unspecified atom stereocenters. The maximum Gasteiger partial charge on any atom is 0.162 e. The molecule has 0 saturated carbocycles. The van der Waals surface area contributed by atoms with Crippen molar-refractivity contribution in [3.05, 3.63) is 59.2 Å². The van der Waals surface area contributed by atoms with Crippen LogP contribution in [0.1, 0.15) is 11.1 Å². The predicted molar refractivity (Wildman–Crippen MR) is 61.3 cm³/mol. The van der Waals surface area contributed by atoms with Gasteiger partial charge in [0.1, 0.15) is 0 Å². The molecule has 0 aliphatic rings. The zero-order valence-corrected chi connectivity index (χ0v) is 9.22. The Hall–Kier alpha value is -1.70. The Kier molecular flexibility index (Phi) is 2.73. The molecule has 0 fully saturated rings. The second kappa shape index (κ2) is 4.05. The molecule has 2 heteroatoms. The Morgan fingerprint density at radius 1 is 0.875 bits per heavy atom. The van der Waals surface area contributed by atoms with Crippen LogP contribution in [0.25, 0.3) is 11.1 Å². The number of rotatable bonds is 1. The van der Waals surface area contributed by atoms with Crippen LogP contribution >= 0.6 is 0 Å². The normalized spacial score (nSPS) is 10.5. The summed E-state index contributed by atoms with van der Waals surface area (Å²) in [6.07, 6.45) is 0. The number of benzene rings is 2. The average molecular weight is 218 g/mol. The van der Waals surface area contributed by atoms with Crippen LogP contribution in [0.15, 0.2) is 36.4 Å². The summed E-state index contributed by atoms with van der Waals surface area (Å²) in [6, 6.07) is 10.7. The van der Waals surface area contributed by atoms with Crippen molar-refractivity contribution in [3.63, 3.8) is 0 Å². The first-order chi connectivity index (χ1) is 7.61. The van der Waals surface area contributed by atoms with E-state index in [4.69, 9.17) is 0 Å². The summed E-state index contributed by atoms with van der Waals surface area (Å²) in [5, 5.41) is 0. The second-order valence-electron chi connectivity index (χ2n) is 3.84. The van der Waals surface area contributed by atoms with Gasteiger partial charge in [0.15, 0.2) is 11.6 Å². The molecule has 0 spiro atoms. The molecule has 0 aromatic heterocycles. The van der Waals surface area contributed by atoms with E-state index in [-0.39, 0.29) is 0 Å². The number of halogens is 2. The van der Waals surface area contributed by atoms with Gasteiger partial charge in [0.2, 0.25) is 0 Å². The van der Waals surface area contributed by atoms with Gasteiger partial charge in [0.05, 0.1) is 0 Å². The van der Waals surface area contributed by atoms with Crippen LogP contribution < -0.4 is 0 Å². The van der Waals surface area contributed by atoms with Crippen LogP contribution in [0, 0.1) is 25.5 Å². The molecule has 0 heterocycles. The van der Waals surface area contributed by atoms with E-state index in [0.717, 1.165) is 16.7 Å². The SMILES string of the molecule is Cc1c(-c2ccccc2)cc(F)c(F)c1C. The van der Waals surface area contributed by atoms with Crippen LogP contribution in [-0.2, 0) is 0 Å².